The third kappa shape index (κ3) is 4.34. The Hall–Kier alpha value is -2.44. The van der Waals surface area contributed by atoms with E-state index in [1.165, 1.54) is 0 Å². The van der Waals surface area contributed by atoms with Crippen LogP contribution in [0.4, 0.5) is 10.5 Å². The molecular weight excluding hydrogens is 398 g/mol. The van der Waals surface area contributed by atoms with Crippen molar-refractivity contribution in [1.82, 2.24) is 0 Å². The molecule has 1 aliphatic heterocycles. The van der Waals surface area contributed by atoms with Crippen LogP contribution < -0.4 is 14.4 Å². The summed E-state index contributed by atoms with van der Waals surface area (Å²) in [7, 11) is 1.57. The van der Waals surface area contributed by atoms with Gasteiger partial charge in [-0.05, 0) is 73.1 Å². The maximum atomic E-state index is 12.7. The minimum Gasteiger partial charge on any atom is -0.493 e. The lowest BCUT2D eigenvalue weighted by molar-refractivity contribution is -0.113. The molecule has 0 saturated carbocycles. The molecule has 0 bridgehead atoms. The van der Waals surface area contributed by atoms with Crippen LogP contribution in [-0.2, 0) is 4.79 Å². The molecule has 28 heavy (non-hydrogen) atoms. The van der Waals surface area contributed by atoms with Crippen molar-refractivity contribution in [2.75, 3.05) is 12.0 Å². The first-order chi connectivity index (χ1) is 13.4. The van der Waals surface area contributed by atoms with Crippen LogP contribution in [0.2, 0.25) is 5.02 Å². The van der Waals surface area contributed by atoms with Gasteiger partial charge in [-0.25, -0.2) is 4.90 Å². The van der Waals surface area contributed by atoms with Gasteiger partial charge in [0.15, 0.2) is 11.5 Å². The number of carbonyl (C=O) groups excluding carboxylic acids is 2. The number of imide groups is 1. The Balaban J connectivity index is 1.86. The molecule has 1 fully saturated rings. The number of hydrogen-bond acceptors (Lipinski definition) is 5. The van der Waals surface area contributed by atoms with Gasteiger partial charge in [-0.1, -0.05) is 24.6 Å². The number of nitrogens with zero attached hydrogens (tertiary/aromatic N) is 1. The second-order valence-electron chi connectivity index (χ2n) is 6.24. The smallest absolute Gasteiger partial charge is 0.298 e. The van der Waals surface area contributed by atoms with Gasteiger partial charge in [-0.2, -0.15) is 0 Å². The van der Waals surface area contributed by atoms with Gasteiger partial charge in [0.1, 0.15) is 0 Å². The zero-order chi connectivity index (χ0) is 20.3. The summed E-state index contributed by atoms with van der Waals surface area (Å²) in [6, 6.07) is 12.0. The SMILES string of the molecule is CC[C@H](C)Oc1ccc(/C=C2/SC(=O)N(c3ccc(Cl)cc3)C2=O)cc1OC. The van der Waals surface area contributed by atoms with Crippen LogP contribution >= 0.6 is 23.4 Å². The fraction of sp³-hybridized carbons (Fsp3) is 0.238. The number of ether oxygens (including phenoxy) is 2. The Kier molecular flexibility index (Phi) is 6.31. The molecule has 0 aromatic heterocycles. The standard InChI is InChI=1S/C21H20ClNO4S/c1-4-13(2)27-17-10-5-14(11-18(17)26-3)12-19-20(24)23(21(25)28-19)16-8-6-15(22)7-9-16/h5-13H,4H2,1-3H3/b19-12+/t13-/m0/s1. The number of hydrogen-bond donors (Lipinski definition) is 0. The summed E-state index contributed by atoms with van der Waals surface area (Å²) < 4.78 is 11.3. The first-order valence-corrected chi connectivity index (χ1v) is 10.0. The van der Waals surface area contributed by atoms with Crippen molar-refractivity contribution >= 4 is 46.3 Å². The van der Waals surface area contributed by atoms with Crippen molar-refractivity contribution < 1.29 is 19.1 Å². The van der Waals surface area contributed by atoms with Gasteiger partial charge in [-0.15, -0.1) is 0 Å². The predicted octanol–water partition coefficient (Wildman–Crippen LogP) is 5.77. The molecule has 1 saturated heterocycles. The lowest BCUT2D eigenvalue weighted by Gasteiger charge is -2.15. The van der Waals surface area contributed by atoms with Crippen LogP contribution in [0.3, 0.4) is 0 Å². The lowest BCUT2D eigenvalue weighted by Crippen LogP contribution is -2.27. The maximum absolute atomic E-state index is 12.7. The number of carbonyl (C=O) groups is 2. The van der Waals surface area contributed by atoms with Crippen LogP contribution in [0.25, 0.3) is 6.08 Å². The van der Waals surface area contributed by atoms with E-state index in [1.54, 1.807) is 49.6 Å². The number of amides is 2. The second-order valence-corrected chi connectivity index (χ2v) is 7.67. The Morgan fingerprint density at radius 3 is 2.50 bits per heavy atom. The highest BCUT2D eigenvalue weighted by Gasteiger charge is 2.36. The second kappa shape index (κ2) is 8.71. The van der Waals surface area contributed by atoms with E-state index in [1.807, 2.05) is 19.9 Å². The minimum absolute atomic E-state index is 0.0654. The molecule has 2 amide bonds. The highest BCUT2D eigenvalue weighted by atomic mass is 35.5. The van der Waals surface area contributed by atoms with Crippen LogP contribution in [0.1, 0.15) is 25.8 Å². The zero-order valence-electron chi connectivity index (χ0n) is 15.8. The van der Waals surface area contributed by atoms with Crippen LogP contribution in [0.5, 0.6) is 11.5 Å². The summed E-state index contributed by atoms with van der Waals surface area (Å²) in [5.41, 5.74) is 1.24. The number of anilines is 1. The summed E-state index contributed by atoms with van der Waals surface area (Å²) in [5, 5.41) is 0.195. The average Bonchev–Trinajstić information content (AvgIpc) is 2.96. The quantitative estimate of drug-likeness (QED) is 0.558. The number of halogens is 1. The van der Waals surface area contributed by atoms with E-state index in [0.29, 0.717) is 27.1 Å². The van der Waals surface area contributed by atoms with E-state index in [0.717, 1.165) is 28.6 Å². The Morgan fingerprint density at radius 1 is 1.14 bits per heavy atom. The zero-order valence-corrected chi connectivity index (χ0v) is 17.3. The van der Waals surface area contributed by atoms with E-state index in [-0.39, 0.29) is 17.3 Å². The normalized spacial score (nSPS) is 16.6. The summed E-state index contributed by atoms with van der Waals surface area (Å²) in [6.07, 6.45) is 2.62. The van der Waals surface area contributed by atoms with Gasteiger partial charge in [0, 0.05) is 5.02 Å². The molecule has 1 atom stereocenters. The average molecular weight is 418 g/mol. The molecule has 2 aromatic rings. The van der Waals surface area contributed by atoms with E-state index in [2.05, 4.69) is 0 Å². The molecule has 0 spiro atoms. The molecule has 7 heteroatoms. The summed E-state index contributed by atoms with van der Waals surface area (Å²) in [6.45, 7) is 4.03. The number of methoxy groups -OCH3 is 1. The molecular formula is C21H20ClNO4S. The fourth-order valence-corrected chi connectivity index (χ4v) is 3.57. The number of benzene rings is 2. The first kappa shape index (κ1) is 20.3. The maximum Gasteiger partial charge on any atom is 0.298 e. The van der Waals surface area contributed by atoms with Crippen molar-refractivity contribution in [2.24, 2.45) is 0 Å². The Bertz CT molecular complexity index is 927. The van der Waals surface area contributed by atoms with Gasteiger partial charge in [0.05, 0.1) is 23.8 Å². The van der Waals surface area contributed by atoms with Gasteiger partial charge in [0.25, 0.3) is 11.1 Å². The van der Waals surface area contributed by atoms with Crippen molar-refractivity contribution in [1.29, 1.82) is 0 Å². The Morgan fingerprint density at radius 2 is 1.86 bits per heavy atom. The molecule has 3 rings (SSSR count). The van der Waals surface area contributed by atoms with Gasteiger partial charge < -0.3 is 9.47 Å². The van der Waals surface area contributed by atoms with E-state index in [9.17, 15) is 9.59 Å². The van der Waals surface area contributed by atoms with Gasteiger partial charge >= 0.3 is 0 Å². The van der Waals surface area contributed by atoms with Crippen molar-refractivity contribution in [2.45, 2.75) is 26.4 Å². The molecule has 1 heterocycles. The van der Waals surface area contributed by atoms with Crippen LogP contribution in [0, 0.1) is 0 Å². The van der Waals surface area contributed by atoms with Crippen molar-refractivity contribution in [3.05, 3.63) is 58.0 Å². The highest BCUT2D eigenvalue weighted by molar-refractivity contribution is 8.19. The van der Waals surface area contributed by atoms with Gasteiger partial charge in [0.2, 0.25) is 0 Å². The van der Waals surface area contributed by atoms with Crippen molar-refractivity contribution in [3.63, 3.8) is 0 Å². The molecule has 2 aromatic carbocycles. The highest BCUT2D eigenvalue weighted by Crippen LogP contribution is 2.37. The van der Waals surface area contributed by atoms with E-state index in [4.69, 9.17) is 21.1 Å². The summed E-state index contributed by atoms with van der Waals surface area (Å²) in [4.78, 5) is 26.6. The monoisotopic (exact) mass is 417 g/mol. The minimum atomic E-state index is -0.365. The predicted molar refractivity (Wildman–Crippen MR) is 113 cm³/mol. The van der Waals surface area contributed by atoms with Gasteiger partial charge in [-0.3, -0.25) is 9.59 Å². The van der Waals surface area contributed by atoms with Crippen LogP contribution in [-0.4, -0.2) is 24.4 Å². The largest absolute Gasteiger partial charge is 0.493 e. The number of thioether (sulfide) groups is 1. The molecule has 1 aliphatic rings. The summed E-state index contributed by atoms with van der Waals surface area (Å²) in [5.74, 6) is 0.852. The Labute approximate surface area is 173 Å². The lowest BCUT2D eigenvalue weighted by atomic mass is 10.1. The van der Waals surface area contributed by atoms with Crippen molar-refractivity contribution in [3.8, 4) is 11.5 Å². The summed E-state index contributed by atoms with van der Waals surface area (Å²) >= 11 is 6.78. The number of rotatable bonds is 6. The third-order valence-electron chi connectivity index (χ3n) is 4.27. The van der Waals surface area contributed by atoms with E-state index >= 15 is 0 Å². The van der Waals surface area contributed by atoms with E-state index < -0.39 is 0 Å². The first-order valence-electron chi connectivity index (χ1n) is 8.81. The third-order valence-corrected chi connectivity index (χ3v) is 5.39. The topological polar surface area (TPSA) is 55.8 Å². The molecule has 146 valence electrons. The van der Waals surface area contributed by atoms with Crippen LogP contribution in [0.15, 0.2) is 47.4 Å². The molecule has 5 nitrogen and oxygen atoms in total. The molecule has 0 aliphatic carbocycles. The molecule has 0 N–H and O–H groups in total. The fourth-order valence-electron chi connectivity index (χ4n) is 2.60. The molecule has 0 unspecified atom stereocenters. The molecule has 0 radical (unpaired) electrons.